The van der Waals surface area contributed by atoms with Gasteiger partial charge in [-0.05, 0) is 67.7 Å². The Labute approximate surface area is 157 Å². The number of aliphatic hydroxyl groups excluding tert-OH is 1. The summed E-state index contributed by atoms with van der Waals surface area (Å²) >= 11 is 0. The van der Waals surface area contributed by atoms with Gasteiger partial charge in [-0.15, -0.1) is 0 Å². The third kappa shape index (κ3) is 4.24. The molecule has 0 radical (unpaired) electrons. The lowest BCUT2D eigenvalue weighted by atomic mass is 9.83. The topological polar surface area (TPSA) is 37.3 Å². The van der Waals surface area contributed by atoms with E-state index in [-0.39, 0.29) is 17.6 Å². The molecule has 0 heterocycles. The molecule has 1 aliphatic rings. The normalized spacial score (nSPS) is 22.8. The van der Waals surface area contributed by atoms with Crippen molar-refractivity contribution in [3.8, 4) is 0 Å². The van der Waals surface area contributed by atoms with Gasteiger partial charge in [-0.25, -0.2) is 0 Å². The molecule has 1 saturated carbocycles. The van der Waals surface area contributed by atoms with E-state index in [9.17, 15) is 9.90 Å². The molecule has 1 N–H and O–H groups in total. The summed E-state index contributed by atoms with van der Waals surface area (Å²) in [5.41, 5.74) is 6.43. The summed E-state index contributed by atoms with van der Waals surface area (Å²) in [6, 6.07) is 15.1. The van der Waals surface area contributed by atoms with Crippen molar-refractivity contribution in [3.05, 3.63) is 70.3 Å². The Morgan fingerprint density at radius 1 is 1.08 bits per heavy atom. The Bertz CT molecular complexity index is 778. The second-order valence-corrected chi connectivity index (χ2v) is 7.85. The summed E-state index contributed by atoms with van der Waals surface area (Å²) in [5, 5.41) is 10.5. The lowest BCUT2D eigenvalue weighted by Gasteiger charge is -2.22. The average Bonchev–Trinajstić information content (AvgIpc) is 2.88. The molecule has 0 spiro atoms. The number of aliphatic hydroxyl groups is 1. The number of carbonyl (C=O) groups is 1. The molecule has 2 aromatic rings. The number of benzene rings is 2. The molecule has 0 amide bonds. The van der Waals surface area contributed by atoms with Gasteiger partial charge in [0.15, 0.2) is 0 Å². The summed E-state index contributed by atoms with van der Waals surface area (Å²) in [6.45, 7) is 6.40. The lowest BCUT2D eigenvalue weighted by Crippen LogP contribution is -2.23. The smallest absolute Gasteiger partial charge is 0.138 e. The van der Waals surface area contributed by atoms with E-state index in [1.165, 1.54) is 27.8 Å². The molecule has 0 aliphatic heterocycles. The van der Waals surface area contributed by atoms with Gasteiger partial charge < -0.3 is 5.11 Å². The number of aryl methyl sites for hydroxylation is 4. The van der Waals surface area contributed by atoms with Gasteiger partial charge in [0, 0.05) is 12.3 Å². The van der Waals surface area contributed by atoms with Gasteiger partial charge in [0.05, 0.1) is 6.10 Å². The van der Waals surface area contributed by atoms with Crippen molar-refractivity contribution in [3.63, 3.8) is 0 Å². The highest BCUT2D eigenvalue weighted by atomic mass is 16.3. The zero-order chi connectivity index (χ0) is 18.7. The van der Waals surface area contributed by atoms with Crippen LogP contribution in [0.15, 0.2) is 42.5 Å². The fraction of sp³-hybridized carbons (Fsp3) is 0.458. The third-order valence-electron chi connectivity index (χ3n) is 5.93. The first kappa shape index (κ1) is 18.8. The predicted octanol–water partition coefficient (Wildman–Crippen LogP) is 4.61. The van der Waals surface area contributed by atoms with Crippen LogP contribution < -0.4 is 0 Å². The van der Waals surface area contributed by atoms with Crippen LogP contribution in [0.4, 0.5) is 0 Å². The molecule has 0 aromatic heterocycles. The average molecular weight is 351 g/mol. The molecule has 3 atom stereocenters. The van der Waals surface area contributed by atoms with Crippen molar-refractivity contribution >= 4 is 5.78 Å². The fourth-order valence-corrected chi connectivity index (χ4v) is 4.36. The summed E-state index contributed by atoms with van der Waals surface area (Å²) in [7, 11) is 0. The number of ketones is 1. The molecular weight excluding hydrogens is 320 g/mol. The van der Waals surface area contributed by atoms with Gasteiger partial charge in [0.2, 0.25) is 0 Å². The second kappa shape index (κ2) is 8.18. The quantitative estimate of drug-likeness (QED) is 0.826. The summed E-state index contributed by atoms with van der Waals surface area (Å²) in [4.78, 5) is 12.5. The molecule has 1 unspecified atom stereocenters. The summed E-state index contributed by atoms with van der Waals surface area (Å²) in [6.07, 6.45) is 3.35. The van der Waals surface area contributed by atoms with Crippen LogP contribution in [0.2, 0.25) is 0 Å². The van der Waals surface area contributed by atoms with E-state index in [1.54, 1.807) is 0 Å². The fourth-order valence-electron chi connectivity index (χ4n) is 4.36. The zero-order valence-electron chi connectivity index (χ0n) is 16.2. The minimum absolute atomic E-state index is 0.0315. The Hall–Kier alpha value is -1.93. The lowest BCUT2D eigenvalue weighted by molar-refractivity contribution is -0.121. The highest BCUT2D eigenvalue weighted by Gasteiger charge is 2.40. The first-order chi connectivity index (χ1) is 12.5. The number of hydrogen-bond donors (Lipinski definition) is 1. The van der Waals surface area contributed by atoms with Gasteiger partial charge in [-0.1, -0.05) is 55.0 Å². The van der Waals surface area contributed by atoms with Crippen LogP contribution in [-0.2, 0) is 24.1 Å². The SMILES string of the molecule is CCc1cccc(C[C@H]2C(O)CC(=O)[C@@H]2CCc2ccc(C)cc2C)c1. The van der Waals surface area contributed by atoms with Crippen LogP contribution in [0.5, 0.6) is 0 Å². The highest BCUT2D eigenvalue weighted by molar-refractivity contribution is 5.84. The molecule has 138 valence electrons. The van der Waals surface area contributed by atoms with Crippen molar-refractivity contribution in [1.82, 2.24) is 0 Å². The first-order valence-corrected chi connectivity index (χ1v) is 9.82. The standard InChI is InChI=1S/C24H30O2/c1-4-18-6-5-7-19(13-18)14-22-21(23(25)15-24(22)26)11-10-20-9-8-16(2)12-17(20)3/h5-9,12-13,21-22,24,26H,4,10-11,14-15H2,1-3H3/t21-,22-,24?/m1/s1. The van der Waals surface area contributed by atoms with Gasteiger partial charge in [0.1, 0.15) is 5.78 Å². The molecule has 26 heavy (non-hydrogen) atoms. The Kier molecular flexibility index (Phi) is 5.93. The van der Waals surface area contributed by atoms with Crippen molar-refractivity contribution in [1.29, 1.82) is 0 Å². The Morgan fingerprint density at radius 3 is 2.58 bits per heavy atom. The molecular formula is C24H30O2. The van der Waals surface area contributed by atoms with Crippen molar-refractivity contribution < 1.29 is 9.90 Å². The maximum absolute atomic E-state index is 12.5. The maximum Gasteiger partial charge on any atom is 0.138 e. The van der Waals surface area contributed by atoms with Crippen LogP contribution >= 0.6 is 0 Å². The Balaban J connectivity index is 1.72. The van der Waals surface area contributed by atoms with Crippen LogP contribution in [0.1, 0.15) is 47.6 Å². The Morgan fingerprint density at radius 2 is 1.85 bits per heavy atom. The van der Waals surface area contributed by atoms with E-state index in [0.717, 1.165) is 25.7 Å². The van der Waals surface area contributed by atoms with Crippen LogP contribution in [0.25, 0.3) is 0 Å². The largest absolute Gasteiger partial charge is 0.392 e. The van der Waals surface area contributed by atoms with Gasteiger partial charge >= 0.3 is 0 Å². The van der Waals surface area contributed by atoms with E-state index in [4.69, 9.17) is 0 Å². The van der Waals surface area contributed by atoms with Crippen LogP contribution in [-0.4, -0.2) is 17.0 Å². The number of carbonyl (C=O) groups excluding carboxylic acids is 1. The highest BCUT2D eigenvalue weighted by Crippen LogP contribution is 2.35. The molecule has 3 rings (SSSR count). The summed E-state index contributed by atoms with van der Waals surface area (Å²) < 4.78 is 0. The van der Waals surface area contributed by atoms with Gasteiger partial charge in [-0.3, -0.25) is 4.79 Å². The van der Waals surface area contributed by atoms with E-state index in [0.29, 0.717) is 6.42 Å². The molecule has 1 aliphatic carbocycles. The molecule has 2 nitrogen and oxygen atoms in total. The third-order valence-corrected chi connectivity index (χ3v) is 5.93. The number of Topliss-reactive ketones (excluding diaryl/α,β-unsaturated/α-hetero) is 1. The van der Waals surface area contributed by atoms with Gasteiger partial charge in [-0.2, -0.15) is 0 Å². The predicted molar refractivity (Wildman–Crippen MR) is 106 cm³/mol. The molecule has 0 saturated heterocycles. The van der Waals surface area contributed by atoms with Crippen molar-refractivity contribution in [2.45, 2.75) is 59.0 Å². The zero-order valence-corrected chi connectivity index (χ0v) is 16.2. The molecule has 1 fully saturated rings. The van der Waals surface area contributed by atoms with Crippen LogP contribution in [0, 0.1) is 25.7 Å². The van der Waals surface area contributed by atoms with Crippen molar-refractivity contribution in [2.24, 2.45) is 11.8 Å². The molecule has 2 aromatic carbocycles. The summed E-state index contributed by atoms with van der Waals surface area (Å²) in [5.74, 6) is 0.246. The second-order valence-electron chi connectivity index (χ2n) is 7.85. The minimum Gasteiger partial charge on any atom is -0.392 e. The van der Waals surface area contributed by atoms with Crippen molar-refractivity contribution in [2.75, 3.05) is 0 Å². The van der Waals surface area contributed by atoms with E-state index < -0.39 is 6.10 Å². The molecule has 0 bridgehead atoms. The number of hydrogen-bond acceptors (Lipinski definition) is 2. The minimum atomic E-state index is -0.503. The first-order valence-electron chi connectivity index (χ1n) is 9.82. The monoisotopic (exact) mass is 350 g/mol. The van der Waals surface area contributed by atoms with E-state index in [2.05, 4.69) is 63.2 Å². The molecule has 2 heteroatoms. The van der Waals surface area contributed by atoms with E-state index >= 15 is 0 Å². The van der Waals surface area contributed by atoms with Crippen LogP contribution in [0.3, 0.4) is 0 Å². The maximum atomic E-state index is 12.5. The van der Waals surface area contributed by atoms with E-state index in [1.807, 2.05) is 0 Å². The van der Waals surface area contributed by atoms with Gasteiger partial charge in [0.25, 0.3) is 0 Å². The number of rotatable bonds is 6.